The van der Waals surface area contributed by atoms with Gasteiger partial charge in [-0.15, -0.1) is 0 Å². The smallest absolute Gasteiger partial charge is 0.227 e. The molecule has 0 atom stereocenters. The quantitative estimate of drug-likeness (QED) is 0.691. The van der Waals surface area contributed by atoms with Crippen molar-refractivity contribution in [2.45, 2.75) is 6.92 Å². The molecule has 6 nitrogen and oxygen atoms in total. The van der Waals surface area contributed by atoms with E-state index in [9.17, 15) is 0 Å². The van der Waals surface area contributed by atoms with E-state index in [4.69, 9.17) is 4.74 Å². The van der Waals surface area contributed by atoms with Gasteiger partial charge in [0, 0.05) is 24.8 Å². The zero-order valence-corrected chi connectivity index (χ0v) is 12.6. The fourth-order valence-corrected chi connectivity index (χ4v) is 2.23. The Bertz CT molecular complexity index is 638. The Balaban J connectivity index is 1.70. The van der Waals surface area contributed by atoms with Crippen LogP contribution in [0.3, 0.4) is 0 Å². The number of aromatic nitrogens is 2. The highest BCUT2D eigenvalue weighted by molar-refractivity contribution is 5.79. The third-order valence-corrected chi connectivity index (χ3v) is 3.33. The molecule has 1 aromatic heterocycles. The summed E-state index contributed by atoms with van der Waals surface area (Å²) in [4.78, 5) is 11.1. The summed E-state index contributed by atoms with van der Waals surface area (Å²) in [7, 11) is 0. The number of anilines is 2. The minimum Gasteiger partial charge on any atom is -0.378 e. The first-order valence-corrected chi connectivity index (χ1v) is 7.34. The van der Waals surface area contributed by atoms with Crippen molar-refractivity contribution in [1.29, 1.82) is 0 Å². The highest BCUT2D eigenvalue weighted by Gasteiger charge is 2.14. The molecule has 1 fully saturated rings. The van der Waals surface area contributed by atoms with Gasteiger partial charge in [0.1, 0.15) is 0 Å². The van der Waals surface area contributed by atoms with Crippen LogP contribution in [0, 0.1) is 6.92 Å². The highest BCUT2D eigenvalue weighted by atomic mass is 16.5. The van der Waals surface area contributed by atoms with E-state index in [1.165, 1.54) is 0 Å². The zero-order valence-electron chi connectivity index (χ0n) is 12.6. The first kappa shape index (κ1) is 14.5. The number of nitrogens with zero attached hydrogens (tertiary/aromatic N) is 4. The molecule has 1 aliphatic heterocycles. The second-order valence-corrected chi connectivity index (χ2v) is 5.07. The van der Waals surface area contributed by atoms with E-state index in [0.29, 0.717) is 19.0 Å². The van der Waals surface area contributed by atoms with Gasteiger partial charge in [0.25, 0.3) is 0 Å². The summed E-state index contributed by atoms with van der Waals surface area (Å²) in [6.07, 6.45) is 1.77. The van der Waals surface area contributed by atoms with Gasteiger partial charge in [-0.25, -0.2) is 4.98 Å². The summed E-state index contributed by atoms with van der Waals surface area (Å²) in [5.41, 5.74) is 4.92. The average Bonchev–Trinajstić information content (AvgIpc) is 2.56. The van der Waals surface area contributed by atoms with Crippen molar-refractivity contribution >= 4 is 18.0 Å². The van der Waals surface area contributed by atoms with Gasteiger partial charge in [-0.3, -0.25) is 5.43 Å². The molecule has 2 aromatic rings. The Morgan fingerprint density at radius 3 is 2.73 bits per heavy atom. The van der Waals surface area contributed by atoms with Crippen LogP contribution in [0.25, 0.3) is 0 Å². The topological polar surface area (TPSA) is 62.6 Å². The minimum absolute atomic E-state index is 0.696. The van der Waals surface area contributed by atoms with Crippen molar-refractivity contribution in [2.75, 3.05) is 36.6 Å². The molecule has 0 aliphatic carbocycles. The monoisotopic (exact) mass is 297 g/mol. The van der Waals surface area contributed by atoms with Gasteiger partial charge in [-0.05, 0) is 12.5 Å². The van der Waals surface area contributed by atoms with Gasteiger partial charge in [-0.2, -0.15) is 10.1 Å². The van der Waals surface area contributed by atoms with Crippen molar-refractivity contribution in [3.63, 3.8) is 0 Å². The van der Waals surface area contributed by atoms with E-state index in [2.05, 4.69) is 25.4 Å². The lowest BCUT2D eigenvalue weighted by atomic mass is 10.2. The molecule has 0 saturated carbocycles. The largest absolute Gasteiger partial charge is 0.378 e. The normalized spacial score (nSPS) is 15.2. The maximum Gasteiger partial charge on any atom is 0.227 e. The van der Waals surface area contributed by atoms with Crippen LogP contribution in [0.2, 0.25) is 0 Å². The molecule has 22 heavy (non-hydrogen) atoms. The molecule has 0 amide bonds. The van der Waals surface area contributed by atoms with Crippen LogP contribution in [-0.4, -0.2) is 42.5 Å². The van der Waals surface area contributed by atoms with Gasteiger partial charge < -0.3 is 9.64 Å². The predicted octanol–water partition coefficient (Wildman–Crippen LogP) is 2.07. The molecule has 114 valence electrons. The number of aryl methyl sites for hydroxylation is 1. The molecule has 1 aliphatic rings. The molecule has 0 bridgehead atoms. The maximum atomic E-state index is 5.36. The third-order valence-electron chi connectivity index (χ3n) is 3.33. The number of nitrogens with one attached hydrogen (secondary N) is 1. The van der Waals surface area contributed by atoms with E-state index in [-0.39, 0.29) is 0 Å². The van der Waals surface area contributed by atoms with Gasteiger partial charge in [-0.1, -0.05) is 30.3 Å². The Morgan fingerprint density at radius 1 is 1.18 bits per heavy atom. The van der Waals surface area contributed by atoms with Crippen molar-refractivity contribution < 1.29 is 4.74 Å². The summed E-state index contributed by atoms with van der Waals surface area (Å²) in [5.74, 6) is 1.42. The van der Waals surface area contributed by atoms with Crippen LogP contribution >= 0.6 is 0 Å². The SMILES string of the molecule is Cc1cc(N/N=C\c2ccccc2)nc(N2CCOCC2)n1. The molecule has 1 saturated heterocycles. The second kappa shape index (κ2) is 7.00. The molecule has 0 radical (unpaired) electrons. The zero-order chi connectivity index (χ0) is 15.2. The first-order valence-electron chi connectivity index (χ1n) is 7.34. The molecule has 1 aromatic carbocycles. The fourth-order valence-electron chi connectivity index (χ4n) is 2.23. The Labute approximate surface area is 129 Å². The van der Waals surface area contributed by atoms with Crippen LogP contribution in [0.1, 0.15) is 11.3 Å². The van der Waals surface area contributed by atoms with Crippen LogP contribution in [0.5, 0.6) is 0 Å². The van der Waals surface area contributed by atoms with Gasteiger partial charge in [0.2, 0.25) is 5.95 Å². The molecule has 2 heterocycles. The van der Waals surface area contributed by atoms with Gasteiger partial charge in [0.05, 0.1) is 19.4 Å². The first-order chi connectivity index (χ1) is 10.8. The number of rotatable bonds is 4. The summed E-state index contributed by atoms with van der Waals surface area (Å²) in [5, 5.41) is 4.23. The lowest BCUT2D eigenvalue weighted by Crippen LogP contribution is -2.37. The average molecular weight is 297 g/mol. The number of ether oxygens (including phenoxy) is 1. The Hall–Kier alpha value is -2.47. The van der Waals surface area contributed by atoms with E-state index in [0.717, 1.165) is 30.3 Å². The van der Waals surface area contributed by atoms with Gasteiger partial charge in [0.15, 0.2) is 5.82 Å². The van der Waals surface area contributed by atoms with E-state index >= 15 is 0 Å². The fraction of sp³-hybridized carbons (Fsp3) is 0.312. The number of morpholine rings is 1. The molecule has 0 spiro atoms. The van der Waals surface area contributed by atoms with E-state index in [1.54, 1.807) is 6.21 Å². The van der Waals surface area contributed by atoms with Crippen molar-refractivity contribution in [3.05, 3.63) is 47.7 Å². The third kappa shape index (κ3) is 3.79. The number of hydrogen-bond donors (Lipinski definition) is 1. The van der Waals surface area contributed by atoms with Gasteiger partial charge >= 0.3 is 0 Å². The minimum atomic E-state index is 0.696. The number of hydrazone groups is 1. The molecular weight excluding hydrogens is 278 g/mol. The van der Waals surface area contributed by atoms with Crippen molar-refractivity contribution in [1.82, 2.24) is 9.97 Å². The lowest BCUT2D eigenvalue weighted by molar-refractivity contribution is 0.122. The predicted molar refractivity (Wildman–Crippen MR) is 87.5 cm³/mol. The van der Waals surface area contributed by atoms with E-state index in [1.807, 2.05) is 43.3 Å². The lowest BCUT2D eigenvalue weighted by Gasteiger charge is -2.27. The second-order valence-electron chi connectivity index (χ2n) is 5.07. The van der Waals surface area contributed by atoms with Crippen molar-refractivity contribution in [3.8, 4) is 0 Å². The molecule has 1 N–H and O–H groups in total. The number of benzene rings is 1. The van der Waals surface area contributed by atoms with Crippen LogP contribution in [-0.2, 0) is 4.74 Å². The van der Waals surface area contributed by atoms with Crippen LogP contribution < -0.4 is 10.3 Å². The summed E-state index contributed by atoms with van der Waals surface area (Å²) in [6, 6.07) is 11.8. The standard InChI is InChI=1S/C16H19N5O/c1-13-11-15(20-17-12-14-5-3-2-4-6-14)19-16(18-13)21-7-9-22-10-8-21/h2-6,11-12H,7-10H2,1H3,(H,18,19,20)/b17-12-. The highest BCUT2D eigenvalue weighted by Crippen LogP contribution is 2.15. The van der Waals surface area contributed by atoms with Crippen molar-refractivity contribution in [2.24, 2.45) is 5.10 Å². The molecule has 0 unspecified atom stereocenters. The summed E-state index contributed by atoms with van der Waals surface area (Å²) in [6.45, 7) is 5.02. The maximum absolute atomic E-state index is 5.36. The van der Waals surface area contributed by atoms with E-state index < -0.39 is 0 Å². The molecular formula is C16H19N5O. The molecule has 6 heteroatoms. The molecule has 3 rings (SSSR count). The Kier molecular flexibility index (Phi) is 4.60. The summed E-state index contributed by atoms with van der Waals surface area (Å²) < 4.78 is 5.36. The van der Waals surface area contributed by atoms with Crippen LogP contribution in [0.15, 0.2) is 41.5 Å². The van der Waals surface area contributed by atoms with Crippen LogP contribution in [0.4, 0.5) is 11.8 Å². The number of hydrogen-bond acceptors (Lipinski definition) is 6. The Morgan fingerprint density at radius 2 is 1.95 bits per heavy atom. The summed E-state index contributed by atoms with van der Waals surface area (Å²) >= 11 is 0.